The molecule has 2 aliphatic rings. The summed E-state index contributed by atoms with van der Waals surface area (Å²) in [5, 5.41) is 5.11. The van der Waals surface area contributed by atoms with Crippen molar-refractivity contribution in [2.75, 3.05) is 0 Å². The van der Waals surface area contributed by atoms with E-state index >= 15 is 0 Å². The van der Waals surface area contributed by atoms with E-state index in [-0.39, 0.29) is 21.7 Å². The van der Waals surface area contributed by atoms with E-state index in [9.17, 15) is 0 Å². The summed E-state index contributed by atoms with van der Waals surface area (Å²) in [7, 11) is 0. The fourth-order valence-corrected chi connectivity index (χ4v) is 12.3. The Bertz CT molecular complexity index is 3470. The lowest BCUT2D eigenvalue weighted by atomic mass is 9.59. The highest BCUT2D eigenvalue weighted by atomic mass is 32.1. The molecule has 3 nitrogen and oxygen atoms in total. The molecule has 0 bridgehead atoms. The van der Waals surface area contributed by atoms with Gasteiger partial charge in [-0.25, -0.2) is 9.98 Å². The Balaban J connectivity index is 1.09. The molecule has 4 heteroatoms. The van der Waals surface area contributed by atoms with E-state index in [1.54, 1.807) is 0 Å². The molecule has 11 rings (SSSR count). The molecule has 310 valence electrons. The normalized spacial score (nSPS) is 17.1. The molecule has 0 N–H and O–H groups in total. The van der Waals surface area contributed by atoms with E-state index in [4.69, 9.17) is 9.98 Å². The molecule has 0 saturated heterocycles. The Morgan fingerprint density at radius 1 is 0.524 bits per heavy atom. The van der Waals surface area contributed by atoms with Gasteiger partial charge >= 0.3 is 0 Å². The van der Waals surface area contributed by atoms with Gasteiger partial charge in [0.15, 0.2) is 5.84 Å². The topological polar surface area (TPSA) is 29.6 Å². The SMILES string of the molecule is C=C(N=C(N=C(C)c1cccc2c1sc1ccccc12)c1ccccc1)c1cccc(-n2c3cc4c(cc3c3cc5c(cc32)C(C)(C)C(C)(C)C5(C)C)-c2ccccc2C4(C)C)c1. The van der Waals surface area contributed by atoms with Gasteiger partial charge in [-0.1, -0.05) is 165 Å². The van der Waals surface area contributed by atoms with Crippen LogP contribution in [0, 0.1) is 5.41 Å². The first-order chi connectivity index (χ1) is 30.1. The van der Waals surface area contributed by atoms with Crippen LogP contribution in [0.5, 0.6) is 0 Å². The standard InChI is InChI=1S/C59H53N3S/c1-35(60-55(37-20-12-11-13-21-37)61-36(2)40-26-19-27-43-42-25-15-17-29-53(42)63-54(40)43)38-22-18-23-39(30-38)62-51-33-48-44(41-24-14-16-28-47(41)56(48,3)4)31-45(51)46-32-49-50(34-52(46)62)58(7,8)59(9,10)57(49,5)6/h11-34H,1H2,2-10H3. The Morgan fingerprint density at radius 3 is 1.92 bits per heavy atom. The van der Waals surface area contributed by atoms with Crippen LogP contribution in [0.4, 0.5) is 0 Å². The lowest BCUT2D eigenvalue weighted by Crippen LogP contribution is -2.42. The van der Waals surface area contributed by atoms with Gasteiger partial charge in [-0.05, 0) is 99.0 Å². The monoisotopic (exact) mass is 835 g/mol. The third-order valence-corrected chi connectivity index (χ3v) is 17.1. The number of hydrogen-bond acceptors (Lipinski definition) is 2. The number of hydrogen-bond donors (Lipinski definition) is 0. The second-order valence-corrected chi connectivity index (χ2v) is 21.0. The van der Waals surface area contributed by atoms with Crippen molar-refractivity contribution in [1.82, 2.24) is 4.57 Å². The van der Waals surface area contributed by atoms with Crippen LogP contribution in [0.1, 0.15) is 101 Å². The maximum Gasteiger partial charge on any atom is 0.160 e. The number of thiophene rings is 1. The minimum Gasteiger partial charge on any atom is -0.309 e. The summed E-state index contributed by atoms with van der Waals surface area (Å²) in [6, 6.07) is 53.2. The number of nitrogens with zero attached hydrogens (tertiary/aromatic N) is 3. The van der Waals surface area contributed by atoms with Gasteiger partial charge in [0.1, 0.15) is 0 Å². The Hall–Kier alpha value is -6.36. The molecular weight excluding hydrogens is 783 g/mol. The quantitative estimate of drug-likeness (QED) is 0.122. The molecular formula is C59H53N3S. The van der Waals surface area contributed by atoms with Crippen molar-refractivity contribution in [1.29, 1.82) is 0 Å². The van der Waals surface area contributed by atoms with Crippen molar-refractivity contribution < 1.29 is 0 Å². The van der Waals surface area contributed by atoms with Crippen LogP contribution in [0.3, 0.4) is 0 Å². The molecule has 0 aliphatic heterocycles. The Kier molecular flexibility index (Phi) is 8.50. The van der Waals surface area contributed by atoms with Crippen molar-refractivity contribution in [2.24, 2.45) is 15.4 Å². The maximum absolute atomic E-state index is 5.30. The third kappa shape index (κ3) is 5.56. The van der Waals surface area contributed by atoms with Crippen LogP contribution < -0.4 is 0 Å². The molecule has 63 heavy (non-hydrogen) atoms. The predicted molar refractivity (Wildman–Crippen MR) is 272 cm³/mol. The highest BCUT2D eigenvalue weighted by Crippen LogP contribution is 2.62. The highest BCUT2D eigenvalue weighted by Gasteiger charge is 2.57. The van der Waals surface area contributed by atoms with E-state index in [0.717, 1.165) is 28.1 Å². The molecule has 0 unspecified atom stereocenters. The van der Waals surface area contributed by atoms with Crippen LogP contribution in [-0.4, -0.2) is 16.1 Å². The lowest BCUT2D eigenvalue weighted by molar-refractivity contribution is 0.125. The van der Waals surface area contributed by atoms with Crippen LogP contribution in [0.25, 0.3) is 64.5 Å². The van der Waals surface area contributed by atoms with Gasteiger partial charge in [0.25, 0.3) is 0 Å². The molecule has 0 fully saturated rings. The van der Waals surface area contributed by atoms with Gasteiger partial charge in [0.2, 0.25) is 0 Å². The molecule has 2 aliphatic carbocycles. The summed E-state index contributed by atoms with van der Waals surface area (Å²) >= 11 is 1.82. The van der Waals surface area contributed by atoms with Gasteiger partial charge in [-0.3, -0.25) is 0 Å². The van der Waals surface area contributed by atoms with Crippen molar-refractivity contribution in [3.8, 4) is 16.8 Å². The fraction of sp³-hybridized carbons (Fsp3) is 0.220. The minimum absolute atomic E-state index is 0.0168. The Labute approximate surface area is 375 Å². The molecule has 0 radical (unpaired) electrons. The zero-order chi connectivity index (χ0) is 43.8. The van der Waals surface area contributed by atoms with Gasteiger partial charge < -0.3 is 4.57 Å². The van der Waals surface area contributed by atoms with E-state index in [1.807, 2.05) is 29.5 Å². The lowest BCUT2D eigenvalue weighted by Gasteiger charge is -2.44. The second-order valence-electron chi connectivity index (χ2n) is 20.0. The molecule has 2 aromatic heterocycles. The first-order valence-electron chi connectivity index (χ1n) is 22.3. The molecule has 0 amide bonds. The summed E-state index contributed by atoms with van der Waals surface area (Å²) in [4.78, 5) is 10.6. The first kappa shape index (κ1) is 39.5. The second kappa shape index (κ2) is 13.6. The summed E-state index contributed by atoms with van der Waals surface area (Å²) in [6.45, 7) is 26.1. The molecule has 2 heterocycles. The van der Waals surface area contributed by atoms with E-state index in [1.165, 1.54) is 75.4 Å². The number of benzene rings is 7. The molecule has 9 aromatic rings. The maximum atomic E-state index is 5.30. The largest absolute Gasteiger partial charge is 0.309 e. The van der Waals surface area contributed by atoms with Crippen molar-refractivity contribution in [3.63, 3.8) is 0 Å². The van der Waals surface area contributed by atoms with Gasteiger partial charge in [0.05, 0.1) is 16.7 Å². The summed E-state index contributed by atoms with van der Waals surface area (Å²) in [5.41, 5.74) is 16.3. The van der Waals surface area contributed by atoms with Gasteiger partial charge in [-0.2, -0.15) is 0 Å². The minimum atomic E-state index is -0.128. The summed E-state index contributed by atoms with van der Waals surface area (Å²) in [5.74, 6) is 0.638. The highest BCUT2D eigenvalue weighted by molar-refractivity contribution is 7.26. The smallest absolute Gasteiger partial charge is 0.160 e. The summed E-state index contributed by atoms with van der Waals surface area (Å²) in [6.07, 6.45) is 0. The first-order valence-corrected chi connectivity index (χ1v) is 23.1. The van der Waals surface area contributed by atoms with Crippen molar-refractivity contribution >= 4 is 70.6 Å². The number of amidine groups is 1. The molecule has 0 saturated carbocycles. The predicted octanol–water partition coefficient (Wildman–Crippen LogP) is 16.0. The van der Waals surface area contributed by atoms with Crippen molar-refractivity contribution in [2.45, 2.75) is 78.6 Å². The zero-order valence-corrected chi connectivity index (χ0v) is 38.6. The van der Waals surface area contributed by atoms with Crippen LogP contribution in [-0.2, 0) is 16.2 Å². The fourth-order valence-electron chi connectivity index (χ4n) is 11.0. The number of fused-ring (bicyclic) bond motifs is 10. The van der Waals surface area contributed by atoms with Crippen LogP contribution in [0.2, 0.25) is 0 Å². The number of aromatic nitrogens is 1. The number of rotatable bonds is 5. The third-order valence-electron chi connectivity index (χ3n) is 15.9. The van der Waals surface area contributed by atoms with Gasteiger partial charge in [0, 0.05) is 64.4 Å². The van der Waals surface area contributed by atoms with E-state index in [0.29, 0.717) is 11.5 Å². The van der Waals surface area contributed by atoms with E-state index < -0.39 is 0 Å². The molecule has 0 spiro atoms. The summed E-state index contributed by atoms with van der Waals surface area (Å²) < 4.78 is 5.02. The van der Waals surface area contributed by atoms with Crippen LogP contribution in [0.15, 0.2) is 162 Å². The average Bonchev–Trinajstić information content (AvgIpc) is 3.92. The number of aliphatic imine (C=N–C) groups is 2. The molecule has 7 aromatic carbocycles. The average molecular weight is 836 g/mol. The molecule has 0 atom stereocenters. The zero-order valence-electron chi connectivity index (χ0n) is 37.8. The van der Waals surface area contributed by atoms with Crippen LogP contribution >= 0.6 is 11.3 Å². The van der Waals surface area contributed by atoms with Gasteiger partial charge in [-0.15, -0.1) is 11.3 Å². The van der Waals surface area contributed by atoms with E-state index in [2.05, 4.69) is 201 Å². The Morgan fingerprint density at radius 2 is 1.14 bits per heavy atom. The van der Waals surface area contributed by atoms with Crippen molar-refractivity contribution in [3.05, 3.63) is 191 Å².